The van der Waals surface area contributed by atoms with Crippen LogP contribution in [0, 0.1) is 6.92 Å². The predicted octanol–water partition coefficient (Wildman–Crippen LogP) is 2.65. The van der Waals surface area contributed by atoms with Gasteiger partial charge in [0.25, 0.3) is 5.91 Å². The van der Waals surface area contributed by atoms with Crippen LogP contribution >= 0.6 is 0 Å². The Hall–Kier alpha value is -2.47. The van der Waals surface area contributed by atoms with Crippen molar-refractivity contribution in [2.45, 2.75) is 25.9 Å². The molecule has 22 heavy (non-hydrogen) atoms. The molecule has 0 bridgehead atoms. The molecule has 2 heterocycles. The molecule has 1 aliphatic rings. The lowest BCUT2D eigenvalue weighted by molar-refractivity contribution is -0.124. The number of nitrogens with zero attached hydrogens (tertiary/aromatic N) is 2. The van der Waals surface area contributed by atoms with Gasteiger partial charge in [-0.15, -0.1) is 0 Å². The first kappa shape index (κ1) is 14.5. The molecule has 6 heteroatoms. The number of aryl methyl sites for hydroxylation is 1. The fraction of sp³-hybridized carbons (Fsp3) is 0.312. The van der Waals surface area contributed by atoms with Crippen molar-refractivity contribution in [2.75, 3.05) is 17.2 Å². The Morgan fingerprint density at radius 2 is 2.00 bits per heavy atom. The third kappa shape index (κ3) is 3.59. The summed E-state index contributed by atoms with van der Waals surface area (Å²) in [6, 6.07) is 9.35. The van der Waals surface area contributed by atoms with Crippen molar-refractivity contribution in [3.05, 3.63) is 42.4 Å². The lowest BCUT2D eigenvalue weighted by Gasteiger charge is -2.11. The molecular formula is C16H18N4O2. The van der Waals surface area contributed by atoms with E-state index in [2.05, 4.69) is 20.6 Å². The van der Waals surface area contributed by atoms with Gasteiger partial charge in [0.15, 0.2) is 0 Å². The van der Waals surface area contributed by atoms with Gasteiger partial charge in [0.1, 0.15) is 18.2 Å². The van der Waals surface area contributed by atoms with Crippen LogP contribution in [0.25, 0.3) is 0 Å². The van der Waals surface area contributed by atoms with E-state index in [1.807, 2.05) is 37.3 Å². The van der Waals surface area contributed by atoms with Gasteiger partial charge >= 0.3 is 0 Å². The number of anilines is 3. The van der Waals surface area contributed by atoms with Crippen LogP contribution in [0.4, 0.5) is 17.2 Å². The Morgan fingerprint density at radius 1 is 1.23 bits per heavy atom. The summed E-state index contributed by atoms with van der Waals surface area (Å²) in [6.07, 6.45) is 2.94. The summed E-state index contributed by atoms with van der Waals surface area (Å²) >= 11 is 0. The average molecular weight is 298 g/mol. The summed E-state index contributed by atoms with van der Waals surface area (Å²) in [7, 11) is 0. The number of aromatic nitrogens is 2. The summed E-state index contributed by atoms with van der Waals surface area (Å²) in [6.45, 7) is 2.58. The zero-order chi connectivity index (χ0) is 15.4. The molecule has 1 aromatic heterocycles. The minimum Gasteiger partial charge on any atom is -0.368 e. The van der Waals surface area contributed by atoms with E-state index in [0.717, 1.165) is 35.7 Å². The maximum absolute atomic E-state index is 12.0. The van der Waals surface area contributed by atoms with Crippen LogP contribution in [0.5, 0.6) is 0 Å². The minimum absolute atomic E-state index is 0.0790. The number of nitrogens with one attached hydrogen (secondary N) is 2. The first-order chi connectivity index (χ1) is 10.7. The van der Waals surface area contributed by atoms with Crippen LogP contribution in [0.15, 0.2) is 36.7 Å². The van der Waals surface area contributed by atoms with Crippen molar-refractivity contribution in [2.24, 2.45) is 0 Å². The van der Waals surface area contributed by atoms with E-state index in [9.17, 15) is 4.79 Å². The molecule has 1 saturated heterocycles. The smallest absolute Gasteiger partial charge is 0.253 e. The molecule has 2 N–H and O–H groups in total. The highest BCUT2D eigenvalue weighted by molar-refractivity contribution is 5.94. The maximum atomic E-state index is 12.0. The third-order valence-corrected chi connectivity index (χ3v) is 3.45. The highest BCUT2D eigenvalue weighted by Crippen LogP contribution is 2.19. The molecule has 1 aromatic carbocycles. The molecule has 1 unspecified atom stereocenters. The number of hydrogen-bond donors (Lipinski definition) is 2. The van der Waals surface area contributed by atoms with Crippen LogP contribution < -0.4 is 10.6 Å². The molecule has 0 radical (unpaired) electrons. The minimum atomic E-state index is -0.318. The molecular weight excluding hydrogens is 280 g/mol. The number of benzene rings is 1. The standard InChI is InChI=1S/C16H18N4O2/c1-11-9-15(18-10-17-11)19-12-4-6-13(7-5-12)20-16(21)14-3-2-8-22-14/h4-7,9-10,14H,2-3,8H2,1H3,(H,20,21)(H,17,18,19). The van der Waals surface area contributed by atoms with Gasteiger partial charge in [-0.2, -0.15) is 0 Å². The zero-order valence-electron chi connectivity index (χ0n) is 12.4. The Balaban J connectivity index is 1.61. The van der Waals surface area contributed by atoms with Crippen molar-refractivity contribution in [1.82, 2.24) is 9.97 Å². The van der Waals surface area contributed by atoms with Crippen LogP contribution in [0.3, 0.4) is 0 Å². The Labute approximate surface area is 128 Å². The number of ether oxygens (including phenoxy) is 1. The van der Waals surface area contributed by atoms with Gasteiger partial charge in [-0.1, -0.05) is 0 Å². The average Bonchev–Trinajstić information content (AvgIpc) is 3.04. The highest BCUT2D eigenvalue weighted by atomic mass is 16.5. The number of hydrogen-bond acceptors (Lipinski definition) is 5. The van der Waals surface area contributed by atoms with Gasteiger partial charge < -0.3 is 15.4 Å². The van der Waals surface area contributed by atoms with Crippen molar-refractivity contribution in [3.8, 4) is 0 Å². The van der Waals surface area contributed by atoms with Crippen molar-refractivity contribution in [1.29, 1.82) is 0 Å². The topological polar surface area (TPSA) is 76.1 Å². The van der Waals surface area contributed by atoms with Gasteiger partial charge in [-0.3, -0.25) is 4.79 Å². The maximum Gasteiger partial charge on any atom is 0.253 e. The van der Waals surface area contributed by atoms with Gasteiger partial charge in [0.2, 0.25) is 0 Å². The summed E-state index contributed by atoms with van der Waals surface area (Å²) in [5, 5.41) is 6.06. The van der Waals surface area contributed by atoms with E-state index < -0.39 is 0 Å². The largest absolute Gasteiger partial charge is 0.368 e. The van der Waals surface area contributed by atoms with Crippen LogP contribution in [0.2, 0.25) is 0 Å². The second-order valence-corrected chi connectivity index (χ2v) is 5.24. The van der Waals surface area contributed by atoms with E-state index in [0.29, 0.717) is 6.61 Å². The normalized spacial score (nSPS) is 17.2. The number of amides is 1. The van der Waals surface area contributed by atoms with Crippen LogP contribution in [0.1, 0.15) is 18.5 Å². The third-order valence-electron chi connectivity index (χ3n) is 3.45. The molecule has 2 aromatic rings. The quantitative estimate of drug-likeness (QED) is 0.907. The summed E-state index contributed by atoms with van der Waals surface area (Å²) in [5.74, 6) is 0.660. The number of carbonyl (C=O) groups excluding carboxylic acids is 1. The van der Waals surface area contributed by atoms with Crippen LogP contribution in [-0.2, 0) is 9.53 Å². The van der Waals surface area contributed by atoms with E-state index in [-0.39, 0.29) is 12.0 Å². The second kappa shape index (κ2) is 6.53. The summed E-state index contributed by atoms with van der Waals surface area (Å²) in [5.41, 5.74) is 2.55. The van der Waals surface area contributed by atoms with E-state index in [4.69, 9.17) is 4.74 Å². The summed E-state index contributed by atoms with van der Waals surface area (Å²) in [4.78, 5) is 20.2. The monoisotopic (exact) mass is 298 g/mol. The molecule has 0 saturated carbocycles. The lowest BCUT2D eigenvalue weighted by Crippen LogP contribution is -2.26. The predicted molar refractivity (Wildman–Crippen MR) is 84.1 cm³/mol. The highest BCUT2D eigenvalue weighted by Gasteiger charge is 2.23. The van der Waals surface area contributed by atoms with Gasteiger partial charge in [0.05, 0.1) is 0 Å². The Bertz CT molecular complexity index is 651. The van der Waals surface area contributed by atoms with Crippen molar-refractivity contribution in [3.63, 3.8) is 0 Å². The fourth-order valence-electron chi connectivity index (χ4n) is 2.31. The lowest BCUT2D eigenvalue weighted by atomic mass is 10.2. The van der Waals surface area contributed by atoms with Gasteiger partial charge in [-0.05, 0) is 44.0 Å². The first-order valence-corrected chi connectivity index (χ1v) is 7.29. The zero-order valence-corrected chi connectivity index (χ0v) is 12.4. The molecule has 1 amide bonds. The second-order valence-electron chi connectivity index (χ2n) is 5.24. The molecule has 1 aliphatic heterocycles. The molecule has 114 valence electrons. The number of carbonyl (C=O) groups is 1. The molecule has 1 fully saturated rings. The number of rotatable bonds is 4. The van der Waals surface area contributed by atoms with Crippen LogP contribution in [-0.4, -0.2) is 28.6 Å². The molecule has 0 aliphatic carbocycles. The molecule has 6 nitrogen and oxygen atoms in total. The first-order valence-electron chi connectivity index (χ1n) is 7.29. The van der Waals surface area contributed by atoms with Crippen molar-refractivity contribution >= 4 is 23.1 Å². The van der Waals surface area contributed by atoms with Crippen molar-refractivity contribution < 1.29 is 9.53 Å². The van der Waals surface area contributed by atoms with Gasteiger partial charge in [-0.25, -0.2) is 9.97 Å². The fourth-order valence-corrected chi connectivity index (χ4v) is 2.31. The molecule has 0 spiro atoms. The Kier molecular flexibility index (Phi) is 4.29. The molecule has 3 rings (SSSR count). The van der Waals surface area contributed by atoms with E-state index >= 15 is 0 Å². The van der Waals surface area contributed by atoms with E-state index in [1.54, 1.807) is 0 Å². The summed E-state index contributed by atoms with van der Waals surface area (Å²) < 4.78 is 5.36. The molecule has 1 atom stereocenters. The Morgan fingerprint density at radius 3 is 2.68 bits per heavy atom. The SMILES string of the molecule is Cc1cc(Nc2ccc(NC(=O)C3CCCO3)cc2)ncn1. The van der Waals surface area contributed by atoms with Gasteiger partial charge in [0, 0.05) is 29.7 Å². The van der Waals surface area contributed by atoms with E-state index in [1.165, 1.54) is 6.33 Å².